The van der Waals surface area contributed by atoms with Crippen molar-refractivity contribution < 1.29 is 9.13 Å². The average molecular weight is 506 g/mol. The minimum absolute atomic E-state index is 0.144. The summed E-state index contributed by atoms with van der Waals surface area (Å²) in [5.74, 6) is 0.764. The quantitative estimate of drug-likeness (QED) is 0.325. The number of ether oxygens (including phenoxy) is 1. The van der Waals surface area contributed by atoms with Crippen molar-refractivity contribution in [3.8, 4) is 5.69 Å². The van der Waals surface area contributed by atoms with Gasteiger partial charge in [-0.3, -0.25) is 13.9 Å². The van der Waals surface area contributed by atoms with Crippen LogP contribution in [0.15, 0.2) is 52.9 Å². The van der Waals surface area contributed by atoms with Gasteiger partial charge in [0.05, 0.1) is 23.6 Å². The van der Waals surface area contributed by atoms with Gasteiger partial charge in [0.25, 0.3) is 5.56 Å². The van der Waals surface area contributed by atoms with Crippen molar-refractivity contribution in [3.63, 3.8) is 0 Å². The van der Waals surface area contributed by atoms with Crippen LogP contribution >= 0.6 is 11.3 Å². The predicted octanol–water partition coefficient (Wildman–Crippen LogP) is 4.99. The number of anilines is 1. The zero-order valence-electron chi connectivity index (χ0n) is 19.6. The van der Waals surface area contributed by atoms with Crippen LogP contribution in [0.2, 0.25) is 0 Å². The van der Waals surface area contributed by atoms with Crippen LogP contribution < -0.4 is 10.9 Å². The lowest BCUT2D eigenvalue weighted by atomic mass is 10.1. The molecule has 5 aromatic rings. The molecule has 0 amide bonds. The van der Waals surface area contributed by atoms with E-state index in [0.29, 0.717) is 45.9 Å². The standard InChI is InChI=1S/C25H24FN7O2S/c1-2-16(22-29-17-11-13-36-20(17)24(34)33(22)15-8-4-3-5-9-15)28-21-19-23(31-25(26)30-21)32(14-27-19)18-10-6-7-12-35-18/h3-5,8-9,11,13-14,16,18H,2,6-7,10,12H2,1H3,(H,28,30,31). The molecule has 36 heavy (non-hydrogen) atoms. The van der Waals surface area contributed by atoms with Gasteiger partial charge >= 0.3 is 6.08 Å². The molecule has 0 bridgehead atoms. The number of fused-ring (bicyclic) bond motifs is 2. The lowest BCUT2D eigenvalue weighted by Gasteiger charge is -2.24. The van der Waals surface area contributed by atoms with E-state index >= 15 is 0 Å². The van der Waals surface area contributed by atoms with Crippen LogP contribution in [0.25, 0.3) is 27.1 Å². The summed E-state index contributed by atoms with van der Waals surface area (Å²) in [5.41, 5.74) is 2.00. The minimum atomic E-state index is -0.862. The molecule has 2 unspecified atom stereocenters. The Labute approximate surface area is 209 Å². The topological polar surface area (TPSA) is 99.8 Å². The third-order valence-corrected chi connectivity index (χ3v) is 7.30. The molecule has 9 nitrogen and oxygen atoms in total. The molecule has 6 rings (SSSR count). The molecule has 0 spiro atoms. The third kappa shape index (κ3) is 3.94. The zero-order valence-corrected chi connectivity index (χ0v) is 20.4. The lowest BCUT2D eigenvalue weighted by molar-refractivity contribution is -0.0298. The van der Waals surface area contributed by atoms with Gasteiger partial charge in [-0.15, -0.1) is 11.3 Å². The Bertz CT molecular complexity index is 1590. The number of hydrogen-bond donors (Lipinski definition) is 1. The molecule has 4 aromatic heterocycles. The van der Waals surface area contributed by atoms with Crippen molar-refractivity contribution >= 4 is 38.5 Å². The maximum atomic E-state index is 14.6. The lowest BCUT2D eigenvalue weighted by Crippen LogP contribution is -2.27. The smallest absolute Gasteiger partial charge is 0.312 e. The first-order chi connectivity index (χ1) is 17.6. The van der Waals surface area contributed by atoms with Gasteiger partial charge in [0, 0.05) is 6.61 Å². The van der Waals surface area contributed by atoms with Crippen molar-refractivity contribution in [3.05, 3.63) is 70.4 Å². The largest absolute Gasteiger partial charge is 0.358 e. The number of benzene rings is 1. The van der Waals surface area contributed by atoms with E-state index in [-0.39, 0.29) is 17.6 Å². The van der Waals surface area contributed by atoms with Crippen LogP contribution in [0.5, 0.6) is 0 Å². The molecule has 1 N–H and O–H groups in total. The van der Waals surface area contributed by atoms with Crippen molar-refractivity contribution in [2.24, 2.45) is 0 Å². The molecule has 1 aliphatic heterocycles. The Kier molecular flexibility index (Phi) is 5.94. The molecule has 0 aliphatic carbocycles. The Balaban J connectivity index is 1.46. The summed E-state index contributed by atoms with van der Waals surface area (Å²) in [6.07, 6.45) is 3.92. The highest BCUT2D eigenvalue weighted by Gasteiger charge is 2.25. The summed E-state index contributed by atoms with van der Waals surface area (Å²) < 4.78 is 24.5. The highest BCUT2D eigenvalue weighted by Crippen LogP contribution is 2.30. The van der Waals surface area contributed by atoms with Crippen LogP contribution in [0.3, 0.4) is 0 Å². The molecular formula is C25H24FN7O2S. The number of nitrogens with one attached hydrogen (secondary N) is 1. The van der Waals surface area contributed by atoms with Crippen LogP contribution in [0.1, 0.15) is 50.7 Å². The average Bonchev–Trinajstić information content (AvgIpc) is 3.55. The fraction of sp³-hybridized carbons (Fsp3) is 0.320. The Hall–Kier alpha value is -3.70. The molecule has 1 aliphatic rings. The van der Waals surface area contributed by atoms with Crippen molar-refractivity contribution in [2.75, 3.05) is 11.9 Å². The van der Waals surface area contributed by atoms with E-state index in [1.807, 2.05) is 48.7 Å². The van der Waals surface area contributed by atoms with Gasteiger partial charge in [0.1, 0.15) is 16.8 Å². The molecule has 1 saturated heterocycles. The Morgan fingerprint density at radius 2 is 2.06 bits per heavy atom. The van der Waals surface area contributed by atoms with Crippen LogP contribution in [-0.2, 0) is 4.74 Å². The highest BCUT2D eigenvalue weighted by molar-refractivity contribution is 7.17. The monoisotopic (exact) mass is 505 g/mol. The second kappa shape index (κ2) is 9.40. The van der Waals surface area contributed by atoms with E-state index in [1.165, 1.54) is 11.3 Å². The molecule has 1 aromatic carbocycles. The summed E-state index contributed by atoms with van der Waals surface area (Å²) in [5, 5.41) is 5.17. The highest BCUT2D eigenvalue weighted by atomic mass is 32.1. The first kappa shape index (κ1) is 22.7. The van der Waals surface area contributed by atoms with E-state index in [2.05, 4.69) is 20.3 Å². The normalized spacial score (nSPS) is 17.0. The summed E-state index contributed by atoms with van der Waals surface area (Å²) in [6.45, 7) is 2.62. The minimum Gasteiger partial charge on any atom is -0.358 e. The fourth-order valence-corrected chi connectivity index (χ4v) is 5.41. The fourth-order valence-electron chi connectivity index (χ4n) is 4.65. The third-order valence-electron chi connectivity index (χ3n) is 6.41. The van der Waals surface area contributed by atoms with Crippen molar-refractivity contribution in [1.29, 1.82) is 0 Å². The summed E-state index contributed by atoms with van der Waals surface area (Å²) >= 11 is 1.36. The van der Waals surface area contributed by atoms with Gasteiger partial charge in [-0.05, 0) is 49.3 Å². The number of rotatable bonds is 6. The second-order valence-electron chi connectivity index (χ2n) is 8.67. The van der Waals surface area contributed by atoms with Gasteiger partial charge in [-0.2, -0.15) is 14.4 Å². The molecule has 2 atom stereocenters. The molecular weight excluding hydrogens is 481 g/mol. The molecule has 11 heteroatoms. The Morgan fingerprint density at radius 3 is 2.83 bits per heavy atom. The molecule has 1 fully saturated rings. The van der Waals surface area contributed by atoms with Crippen molar-refractivity contribution in [2.45, 2.75) is 44.9 Å². The van der Waals surface area contributed by atoms with E-state index in [0.717, 1.165) is 19.3 Å². The molecule has 0 saturated carbocycles. The van der Waals surface area contributed by atoms with Gasteiger partial charge < -0.3 is 10.1 Å². The molecule has 0 radical (unpaired) electrons. The molecule has 5 heterocycles. The summed E-state index contributed by atoms with van der Waals surface area (Å²) in [4.78, 5) is 30.9. The first-order valence-electron chi connectivity index (χ1n) is 12.0. The summed E-state index contributed by atoms with van der Waals surface area (Å²) in [6, 6.07) is 10.8. The molecule has 184 valence electrons. The number of halogens is 1. The van der Waals surface area contributed by atoms with Gasteiger partial charge in [0.2, 0.25) is 0 Å². The maximum absolute atomic E-state index is 14.6. The second-order valence-corrected chi connectivity index (χ2v) is 9.59. The van der Waals surface area contributed by atoms with E-state index in [1.54, 1.807) is 15.5 Å². The number of para-hydroxylation sites is 1. The number of thiophene rings is 1. The first-order valence-corrected chi connectivity index (χ1v) is 12.9. The number of imidazole rings is 1. The van der Waals surface area contributed by atoms with Gasteiger partial charge in [-0.1, -0.05) is 25.1 Å². The van der Waals surface area contributed by atoms with Crippen LogP contribution in [-0.4, -0.2) is 35.7 Å². The summed E-state index contributed by atoms with van der Waals surface area (Å²) in [7, 11) is 0. The van der Waals surface area contributed by atoms with Crippen molar-refractivity contribution in [1.82, 2.24) is 29.1 Å². The van der Waals surface area contributed by atoms with Crippen LogP contribution in [0.4, 0.5) is 10.2 Å². The zero-order chi connectivity index (χ0) is 24.6. The predicted molar refractivity (Wildman–Crippen MR) is 136 cm³/mol. The number of nitrogens with zero attached hydrogens (tertiary/aromatic N) is 6. The van der Waals surface area contributed by atoms with Crippen LogP contribution in [0, 0.1) is 6.08 Å². The Morgan fingerprint density at radius 1 is 1.19 bits per heavy atom. The van der Waals surface area contributed by atoms with Gasteiger partial charge in [0.15, 0.2) is 17.0 Å². The van der Waals surface area contributed by atoms with E-state index in [4.69, 9.17) is 9.72 Å². The number of aromatic nitrogens is 6. The SMILES string of the molecule is CCC(Nc1nc(F)nc2c1ncn2C1CCCCO1)c1nc2ccsc2c(=O)n1-c1ccccc1. The number of hydrogen-bond acceptors (Lipinski definition) is 8. The van der Waals surface area contributed by atoms with E-state index < -0.39 is 12.1 Å². The van der Waals surface area contributed by atoms with E-state index in [9.17, 15) is 9.18 Å². The van der Waals surface area contributed by atoms with Gasteiger partial charge in [-0.25, -0.2) is 9.97 Å². The maximum Gasteiger partial charge on any atom is 0.312 e.